The molecule has 0 aliphatic rings. The van der Waals surface area contributed by atoms with Crippen LogP contribution in [-0.4, -0.2) is 23.7 Å². The maximum Gasteiger partial charge on any atom is 0.0703 e. The lowest BCUT2D eigenvalue weighted by molar-refractivity contribution is 0.0128. The molecule has 0 saturated heterocycles. The number of benzene rings is 1. The molecule has 0 amide bonds. The molecule has 1 N–H and O–H groups in total. The number of nitrogens with one attached hydrogen (secondary N) is 1. The van der Waals surface area contributed by atoms with Crippen molar-refractivity contribution in [1.29, 1.82) is 0 Å². The molecule has 1 atom stereocenters. The fourth-order valence-corrected chi connectivity index (χ4v) is 2.31. The van der Waals surface area contributed by atoms with E-state index in [0.29, 0.717) is 6.04 Å². The summed E-state index contributed by atoms with van der Waals surface area (Å²) in [6.45, 7) is 6.36. The molecule has 0 spiro atoms. The molecule has 2 rings (SSSR count). The van der Waals surface area contributed by atoms with Crippen LogP contribution in [0.3, 0.4) is 0 Å². The highest BCUT2D eigenvalue weighted by molar-refractivity contribution is 5.81. The number of methoxy groups -OCH3 is 1. The standard InChI is InChI=1S/C16H22N2O/c1-12(10-16(2,3)19-4)18-14-9-13-7-5-6-8-15(13)17-11-14/h5-9,11-12,18H,10H2,1-4H3. The zero-order valence-corrected chi connectivity index (χ0v) is 12.1. The zero-order valence-electron chi connectivity index (χ0n) is 12.1. The van der Waals surface area contributed by atoms with Crippen LogP contribution in [0.1, 0.15) is 27.2 Å². The molecule has 19 heavy (non-hydrogen) atoms. The van der Waals surface area contributed by atoms with E-state index >= 15 is 0 Å². The Labute approximate surface area is 115 Å². The van der Waals surface area contributed by atoms with Gasteiger partial charge in [-0.25, -0.2) is 0 Å². The maximum atomic E-state index is 5.46. The second-order valence-corrected chi connectivity index (χ2v) is 5.63. The fraction of sp³-hybridized carbons (Fsp3) is 0.438. The Hall–Kier alpha value is -1.61. The first-order chi connectivity index (χ1) is 9.00. The Morgan fingerprint density at radius 2 is 2.05 bits per heavy atom. The van der Waals surface area contributed by atoms with Crippen LogP contribution in [0, 0.1) is 0 Å². The van der Waals surface area contributed by atoms with E-state index in [4.69, 9.17) is 4.74 Å². The average molecular weight is 258 g/mol. The molecule has 1 heterocycles. The molecule has 102 valence electrons. The lowest BCUT2D eigenvalue weighted by atomic mass is 10.00. The normalized spacial score (nSPS) is 13.5. The molecular formula is C16H22N2O. The van der Waals surface area contributed by atoms with Gasteiger partial charge in [-0.1, -0.05) is 18.2 Å². The zero-order chi connectivity index (χ0) is 13.9. The first-order valence-electron chi connectivity index (χ1n) is 6.67. The van der Waals surface area contributed by atoms with Crippen molar-refractivity contribution in [3.8, 4) is 0 Å². The summed E-state index contributed by atoms with van der Waals surface area (Å²) in [7, 11) is 1.75. The molecule has 0 aliphatic carbocycles. The molecule has 0 aliphatic heterocycles. The Morgan fingerprint density at radius 1 is 1.32 bits per heavy atom. The molecular weight excluding hydrogens is 236 g/mol. The van der Waals surface area contributed by atoms with Crippen molar-refractivity contribution >= 4 is 16.6 Å². The Balaban J connectivity index is 2.08. The van der Waals surface area contributed by atoms with E-state index in [-0.39, 0.29) is 5.60 Å². The second kappa shape index (κ2) is 5.57. The third-order valence-electron chi connectivity index (χ3n) is 3.35. The van der Waals surface area contributed by atoms with Gasteiger partial charge < -0.3 is 10.1 Å². The number of anilines is 1. The van der Waals surface area contributed by atoms with Gasteiger partial charge in [-0.05, 0) is 39.3 Å². The van der Waals surface area contributed by atoms with Gasteiger partial charge in [-0.3, -0.25) is 4.98 Å². The molecule has 3 nitrogen and oxygen atoms in total. The molecule has 3 heteroatoms. The highest BCUT2D eigenvalue weighted by atomic mass is 16.5. The van der Waals surface area contributed by atoms with Gasteiger partial charge in [0.25, 0.3) is 0 Å². The fourth-order valence-electron chi connectivity index (χ4n) is 2.31. The summed E-state index contributed by atoms with van der Waals surface area (Å²) >= 11 is 0. The number of fused-ring (bicyclic) bond motifs is 1. The summed E-state index contributed by atoms with van der Waals surface area (Å²) < 4.78 is 5.46. The highest BCUT2D eigenvalue weighted by Gasteiger charge is 2.20. The van der Waals surface area contributed by atoms with E-state index < -0.39 is 0 Å². The third-order valence-corrected chi connectivity index (χ3v) is 3.35. The molecule has 0 fully saturated rings. The predicted molar refractivity (Wildman–Crippen MR) is 80.5 cm³/mol. The number of hydrogen-bond donors (Lipinski definition) is 1. The van der Waals surface area contributed by atoms with E-state index in [0.717, 1.165) is 23.0 Å². The van der Waals surface area contributed by atoms with Crippen LogP contribution < -0.4 is 5.32 Å². The summed E-state index contributed by atoms with van der Waals surface area (Å²) in [6.07, 6.45) is 2.83. The van der Waals surface area contributed by atoms with E-state index in [2.05, 4.69) is 43.2 Å². The average Bonchev–Trinajstić information content (AvgIpc) is 2.38. The maximum absolute atomic E-state index is 5.46. The Kier molecular flexibility index (Phi) is 4.05. The van der Waals surface area contributed by atoms with Gasteiger partial charge in [0.15, 0.2) is 0 Å². The summed E-state index contributed by atoms with van der Waals surface area (Å²) in [5.41, 5.74) is 1.97. The first kappa shape index (κ1) is 13.8. The van der Waals surface area contributed by atoms with Crippen molar-refractivity contribution in [2.45, 2.75) is 38.8 Å². The minimum Gasteiger partial charge on any atom is -0.381 e. The largest absolute Gasteiger partial charge is 0.381 e. The molecule has 1 unspecified atom stereocenters. The van der Waals surface area contributed by atoms with E-state index in [1.54, 1.807) is 7.11 Å². The summed E-state index contributed by atoms with van der Waals surface area (Å²) in [5.74, 6) is 0. The lowest BCUT2D eigenvalue weighted by Gasteiger charge is -2.27. The molecule has 0 saturated carbocycles. The molecule has 1 aromatic carbocycles. The quantitative estimate of drug-likeness (QED) is 0.884. The van der Waals surface area contributed by atoms with Crippen LogP contribution in [0.5, 0.6) is 0 Å². The van der Waals surface area contributed by atoms with Gasteiger partial charge in [-0.15, -0.1) is 0 Å². The summed E-state index contributed by atoms with van der Waals surface area (Å²) in [4.78, 5) is 4.46. The first-order valence-corrected chi connectivity index (χ1v) is 6.67. The van der Waals surface area contributed by atoms with Crippen LogP contribution in [0.15, 0.2) is 36.5 Å². The van der Waals surface area contributed by atoms with Gasteiger partial charge >= 0.3 is 0 Å². The third kappa shape index (κ3) is 3.67. The molecule has 0 radical (unpaired) electrons. The molecule has 0 bridgehead atoms. The monoisotopic (exact) mass is 258 g/mol. The Bertz CT molecular complexity index is 551. The van der Waals surface area contributed by atoms with Crippen molar-refractivity contribution in [3.63, 3.8) is 0 Å². The van der Waals surface area contributed by atoms with Gasteiger partial charge in [0.2, 0.25) is 0 Å². The molecule has 1 aromatic heterocycles. The lowest BCUT2D eigenvalue weighted by Crippen LogP contribution is -2.31. The highest BCUT2D eigenvalue weighted by Crippen LogP contribution is 2.20. The van der Waals surface area contributed by atoms with Gasteiger partial charge in [0.05, 0.1) is 23.0 Å². The van der Waals surface area contributed by atoms with Crippen LogP contribution in [0.25, 0.3) is 10.9 Å². The van der Waals surface area contributed by atoms with Crippen molar-refractivity contribution in [1.82, 2.24) is 4.98 Å². The number of rotatable bonds is 5. The number of pyridine rings is 1. The minimum absolute atomic E-state index is 0.114. The Morgan fingerprint density at radius 3 is 2.79 bits per heavy atom. The topological polar surface area (TPSA) is 34.1 Å². The van der Waals surface area contributed by atoms with Crippen molar-refractivity contribution in [2.24, 2.45) is 0 Å². The van der Waals surface area contributed by atoms with E-state index in [1.807, 2.05) is 24.4 Å². The number of aromatic nitrogens is 1. The van der Waals surface area contributed by atoms with E-state index in [1.165, 1.54) is 0 Å². The van der Waals surface area contributed by atoms with Crippen LogP contribution in [0.2, 0.25) is 0 Å². The second-order valence-electron chi connectivity index (χ2n) is 5.63. The van der Waals surface area contributed by atoms with Crippen LogP contribution >= 0.6 is 0 Å². The number of hydrogen-bond acceptors (Lipinski definition) is 3. The summed E-state index contributed by atoms with van der Waals surface area (Å²) in [6, 6.07) is 10.6. The van der Waals surface area contributed by atoms with Crippen molar-refractivity contribution in [2.75, 3.05) is 12.4 Å². The smallest absolute Gasteiger partial charge is 0.0703 e. The van der Waals surface area contributed by atoms with Crippen molar-refractivity contribution < 1.29 is 4.74 Å². The number of nitrogens with zero attached hydrogens (tertiary/aromatic N) is 1. The molecule has 2 aromatic rings. The van der Waals surface area contributed by atoms with Gasteiger partial charge in [0, 0.05) is 18.5 Å². The summed E-state index contributed by atoms with van der Waals surface area (Å²) in [5, 5.41) is 4.64. The van der Waals surface area contributed by atoms with Gasteiger partial charge in [-0.2, -0.15) is 0 Å². The number of ether oxygens (including phenoxy) is 1. The van der Waals surface area contributed by atoms with Gasteiger partial charge in [0.1, 0.15) is 0 Å². The van der Waals surface area contributed by atoms with E-state index in [9.17, 15) is 0 Å². The van der Waals surface area contributed by atoms with Crippen molar-refractivity contribution in [3.05, 3.63) is 36.5 Å². The van der Waals surface area contributed by atoms with Crippen LogP contribution in [-0.2, 0) is 4.74 Å². The SMILES string of the molecule is COC(C)(C)CC(C)Nc1cnc2ccccc2c1. The number of para-hydroxylation sites is 1. The van der Waals surface area contributed by atoms with Crippen LogP contribution in [0.4, 0.5) is 5.69 Å². The minimum atomic E-state index is -0.114. The predicted octanol–water partition coefficient (Wildman–Crippen LogP) is 3.85.